The lowest BCUT2D eigenvalue weighted by molar-refractivity contribution is -0.114. The molecule has 138 valence electrons. The van der Waals surface area contributed by atoms with Crippen LogP contribution in [-0.2, 0) is 4.79 Å². The summed E-state index contributed by atoms with van der Waals surface area (Å²) in [5, 5.41) is 5.50. The zero-order valence-corrected chi connectivity index (χ0v) is 15.7. The summed E-state index contributed by atoms with van der Waals surface area (Å²) >= 11 is 0. The highest BCUT2D eigenvalue weighted by atomic mass is 16.2. The summed E-state index contributed by atoms with van der Waals surface area (Å²) < 4.78 is 0. The molecular formula is C19H25N5O2. The first-order valence-electron chi connectivity index (χ1n) is 8.65. The highest BCUT2D eigenvalue weighted by molar-refractivity contribution is 6.03. The Balaban J connectivity index is 2.16. The monoisotopic (exact) mass is 355 g/mol. The second kappa shape index (κ2) is 8.94. The van der Waals surface area contributed by atoms with E-state index < -0.39 is 0 Å². The molecule has 0 radical (unpaired) electrons. The molecule has 0 saturated heterocycles. The van der Waals surface area contributed by atoms with Crippen molar-refractivity contribution in [1.82, 2.24) is 9.97 Å². The summed E-state index contributed by atoms with van der Waals surface area (Å²) in [6.45, 7) is 6.20. The molecule has 0 aliphatic heterocycles. The zero-order valence-electron chi connectivity index (χ0n) is 15.7. The molecule has 2 N–H and O–H groups in total. The van der Waals surface area contributed by atoms with Crippen molar-refractivity contribution in [2.75, 3.05) is 29.1 Å². The van der Waals surface area contributed by atoms with Crippen molar-refractivity contribution >= 4 is 29.0 Å². The number of hydrogen-bond acceptors (Lipinski definition) is 5. The Morgan fingerprint density at radius 2 is 1.81 bits per heavy atom. The smallest absolute Gasteiger partial charge is 0.274 e. The van der Waals surface area contributed by atoms with Crippen LogP contribution in [0.4, 0.5) is 17.2 Å². The number of benzene rings is 1. The van der Waals surface area contributed by atoms with E-state index in [4.69, 9.17) is 0 Å². The molecule has 0 aliphatic rings. The molecule has 0 unspecified atom stereocenters. The highest BCUT2D eigenvalue weighted by Gasteiger charge is 2.13. The molecule has 0 bridgehead atoms. The van der Waals surface area contributed by atoms with Crippen LogP contribution in [0, 0.1) is 6.92 Å². The van der Waals surface area contributed by atoms with Gasteiger partial charge in [0.25, 0.3) is 5.91 Å². The van der Waals surface area contributed by atoms with Gasteiger partial charge in [0, 0.05) is 38.0 Å². The zero-order chi connectivity index (χ0) is 19.1. The van der Waals surface area contributed by atoms with Crippen LogP contribution < -0.4 is 15.5 Å². The molecule has 7 nitrogen and oxygen atoms in total. The largest absolute Gasteiger partial charge is 0.360 e. The summed E-state index contributed by atoms with van der Waals surface area (Å²) in [6.07, 6.45) is 2.14. The van der Waals surface area contributed by atoms with Gasteiger partial charge in [-0.15, -0.1) is 0 Å². The number of carbonyl (C=O) groups excluding carboxylic acids is 2. The molecule has 0 saturated carbocycles. The van der Waals surface area contributed by atoms with Gasteiger partial charge in [-0.1, -0.05) is 19.4 Å². The van der Waals surface area contributed by atoms with Crippen LogP contribution >= 0.6 is 0 Å². The fourth-order valence-corrected chi connectivity index (χ4v) is 2.45. The van der Waals surface area contributed by atoms with Gasteiger partial charge in [-0.2, -0.15) is 0 Å². The fourth-order valence-electron chi connectivity index (χ4n) is 2.45. The van der Waals surface area contributed by atoms with Crippen molar-refractivity contribution in [3.63, 3.8) is 0 Å². The number of carbonyl (C=O) groups is 2. The molecule has 7 heteroatoms. The second-order valence-electron chi connectivity index (χ2n) is 6.15. The van der Waals surface area contributed by atoms with E-state index >= 15 is 0 Å². The molecule has 1 aromatic heterocycles. The number of aromatic nitrogens is 2. The normalized spacial score (nSPS) is 10.3. The number of amides is 2. The lowest BCUT2D eigenvalue weighted by Crippen LogP contribution is -2.22. The van der Waals surface area contributed by atoms with E-state index in [9.17, 15) is 9.59 Å². The molecule has 2 amide bonds. The van der Waals surface area contributed by atoms with Crippen LogP contribution in [0.2, 0.25) is 0 Å². The minimum atomic E-state index is -0.319. The van der Waals surface area contributed by atoms with Crippen molar-refractivity contribution in [3.05, 3.63) is 41.9 Å². The third-order valence-corrected chi connectivity index (χ3v) is 3.74. The standard InChI is InChI=1S/C19H25N5O2/c1-5-6-10-24(4)18-12-17(20-13(2)21-18)19(26)23-16-9-7-8-15(11-16)22-14(3)25/h7-9,11-12H,5-6,10H2,1-4H3,(H,22,25)(H,23,26). The van der Waals surface area contributed by atoms with Crippen LogP contribution in [-0.4, -0.2) is 35.4 Å². The molecule has 0 spiro atoms. The minimum absolute atomic E-state index is 0.167. The summed E-state index contributed by atoms with van der Waals surface area (Å²) in [7, 11) is 1.95. The summed E-state index contributed by atoms with van der Waals surface area (Å²) in [5.74, 6) is 0.784. The van der Waals surface area contributed by atoms with Crippen LogP contribution in [0.1, 0.15) is 43.0 Å². The minimum Gasteiger partial charge on any atom is -0.360 e. The van der Waals surface area contributed by atoms with Gasteiger partial charge in [0.2, 0.25) is 5.91 Å². The maximum Gasteiger partial charge on any atom is 0.274 e. The van der Waals surface area contributed by atoms with E-state index in [-0.39, 0.29) is 11.8 Å². The van der Waals surface area contributed by atoms with Crippen molar-refractivity contribution in [2.24, 2.45) is 0 Å². The van der Waals surface area contributed by atoms with Gasteiger partial charge in [-0.25, -0.2) is 9.97 Å². The molecule has 0 atom stereocenters. The molecule has 0 fully saturated rings. The third kappa shape index (κ3) is 5.54. The van der Waals surface area contributed by atoms with Gasteiger partial charge in [-0.05, 0) is 31.5 Å². The van der Waals surface area contributed by atoms with Crippen LogP contribution in [0.5, 0.6) is 0 Å². The predicted molar refractivity (Wildman–Crippen MR) is 104 cm³/mol. The van der Waals surface area contributed by atoms with Crippen molar-refractivity contribution in [3.8, 4) is 0 Å². The summed E-state index contributed by atoms with van der Waals surface area (Å²) in [4.78, 5) is 34.4. The van der Waals surface area contributed by atoms with Crippen molar-refractivity contribution in [1.29, 1.82) is 0 Å². The number of nitrogens with one attached hydrogen (secondary N) is 2. The number of nitrogens with zero attached hydrogens (tertiary/aromatic N) is 3. The van der Waals surface area contributed by atoms with Crippen molar-refractivity contribution < 1.29 is 9.59 Å². The quantitative estimate of drug-likeness (QED) is 0.796. The Morgan fingerprint density at radius 1 is 1.12 bits per heavy atom. The molecule has 1 aromatic carbocycles. The van der Waals surface area contributed by atoms with Crippen LogP contribution in [0.3, 0.4) is 0 Å². The lowest BCUT2D eigenvalue weighted by Gasteiger charge is -2.18. The fraction of sp³-hybridized carbons (Fsp3) is 0.368. The average Bonchev–Trinajstić information content (AvgIpc) is 2.58. The Hall–Kier alpha value is -2.96. The second-order valence-corrected chi connectivity index (χ2v) is 6.15. The molecule has 2 aromatic rings. The first-order valence-corrected chi connectivity index (χ1v) is 8.65. The van der Waals surface area contributed by atoms with E-state index in [2.05, 4.69) is 27.5 Å². The van der Waals surface area contributed by atoms with Gasteiger partial charge in [-0.3, -0.25) is 9.59 Å². The maximum atomic E-state index is 12.6. The SMILES string of the molecule is CCCCN(C)c1cc(C(=O)Nc2cccc(NC(C)=O)c2)nc(C)n1. The number of rotatable bonds is 7. The maximum absolute atomic E-state index is 12.6. The van der Waals surface area contributed by atoms with Gasteiger partial charge < -0.3 is 15.5 Å². The van der Waals surface area contributed by atoms with Gasteiger partial charge in [0.1, 0.15) is 17.3 Å². The van der Waals surface area contributed by atoms with E-state index in [1.807, 2.05) is 11.9 Å². The van der Waals surface area contributed by atoms with Gasteiger partial charge >= 0.3 is 0 Å². The van der Waals surface area contributed by atoms with Crippen molar-refractivity contribution in [2.45, 2.75) is 33.6 Å². The van der Waals surface area contributed by atoms with E-state index in [0.717, 1.165) is 25.2 Å². The first-order chi connectivity index (χ1) is 12.4. The number of aryl methyl sites for hydroxylation is 1. The summed E-state index contributed by atoms with van der Waals surface area (Å²) in [6, 6.07) is 8.66. The molecule has 26 heavy (non-hydrogen) atoms. The molecular weight excluding hydrogens is 330 g/mol. The Bertz CT molecular complexity index is 791. The average molecular weight is 355 g/mol. The number of anilines is 3. The Morgan fingerprint density at radius 3 is 2.46 bits per heavy atom. The topological polar surface area (TPSA) is 87.2 Å². The van der Waals surface area contributed by atoms with Gasteiger partial charge in [0.05, 0.1) is 0 Å². The summed E-state index contributed by atoms with van der Waals surface area (Å²) in [5.41, 5.74) is 1.51. The molecule has 2 rings (SSSR count). The van der Waals surface area contributed by atoms with Gasteiger partial charge in [0.15, 0.2) is 0 Å². The Labute approximate surface area is 153 Å². The highest BCUT2D eigenvalue weighted by Crippen LogP contribution is 2.17. The predicted octanol–water partition coefficient (Wildman–Crippen LogP) is 3.23. The van der Waals surface area contributed by atoms with Crippen LogP contribution in [0.15, 0.2) is 30.3 Å². The van der Waals surface area contributed by atoms with E-state index in [1.54, 1.807) is 37.3 Å². The molecule has 0 aliphatic carbocycles. The molecule has 1 heterocycles. The van der Waals surface area contributed by atoms with E-state index in [1.165, 1.54) is 6.92 Å². The third-order valence-electron chi connectivity index (χ3n) is 3.74. The number of hydrogen-bond donors (Lipinski definition) is 2. The van der Waals surface area contributed by atoms with Crippen LogP contribution in [0.25, 0.3) is 0 Å². The first kappa shape index (κ1) is 19.4. The van der Waals surface area contributed by atoms with E-state index in [0.29, 0.717) is 22.9 Å². The number of unbranched alkanes of at least 4 members (excludes halogenated alkanes) is 1. The lowest BCUT2D eigenvalue weighted by atomic mass is 10.2. The Kier molecular flexibility index (Phi) is 6.66.